The lowest BCUT2D eigenvalue weighted by Gasteiger charge is -2.08. The molecule has 6 nitrogen and oxygen atoms in total. The lowest BCUT2D eigenvalue weighted by Crippen LogP contribution is -2.09. The van der Waals surface area contributed by atoms with E-state index in [0.29, 0.717) is 11.6 Å². The van der Waals surface area contributed by atoms with Crippen LogP contribution in [0.15, 0.2) is 37.2 Å². The summed E-state index contributed by atoms with van der Waals surface area (Å²) in [4.78, 5) is 12.7. The van der Waals surface area contributed by atoms with Gasteiger partial charge in [-0.25, -0.2) is 19.6 Å². The largest absolute Gasteiger partial charge is 0.287 e. The highest BCUT2D eigenvalue weighted by molar-refractivity contribution is 5.41. The van der Waals surface area contributed by atoms with Crippen molar-refractivity contribution in [1.82, 2.24) is 29.3 Å². The maximum Gasteiger partial charge on any atom is 0.197 e. The van der Waals surface area contributed by atoms with E-state index in [1.807, 2.05) is 30.7 Å². The Morgan fingerprint density at radius 3 is 2.39 bits per heavy atom. The van der Waals surface area contributed by atoms with E-state index in [1.165, 1.54) is 0 Å². The molecular formula is C12H12N6. The zero-order valence-electron chi connectivity index (χ0n) is 10.1. The van der Waals surface area contributed by atoms with Crippen molar-refractivity contribution in [2.75, 3.05) is 0 Å². The monoisotopic (exact) mass is 240 g/mol. The van der Waals surface area contributed by atoms with Crippen LogP contribution >= 0.6 is 0 Å². The molecule has 3 heterocycles. The number of aryl methyl sites for hydroxylation is 2. The van der Waals surface area contributed by atoms with Crippen molar-refractivity contribution >= 4 is 0 Å². The molecule has 0 amide bonds. The van der Waals surface area contributed by atoms with Crippen molar-refractivity contribution in [3.05, 3.63) is 48.6 Å². The molecular weight excluding hydrogens is 228 g/mol. The van der Waals surface area contributed by atoms with Gasteiger partial charge < -0.3 is 0 Å². The van der Waals surface area contributed by atoms with Gasteiger partial charge in [0.25, 0.3) is 0 Å². The minimum Gasteiger partial charge on any atom is -0.287 e. The van der Waals surface area contributed by atoms with Crippen molar-refractivity contribution in [3.8, 4) is 11.6 Å². The minimum absolute atomic E-state index is 0.695. The van der Waals surface area contributed by atoms with E-state index in [4.69, 9.17) is 0 Å². The van der Waals surface area contributed by atoms with Crippen molar-refractivity contribution in [3.63, 3.8) is 0 Å². The normalized spacial score (nSPS) is 10.8. The number of rotatable bonds is 2. The van der Waals surface area contributed by atoms with Crippen LogP contribution in [0.25, 0.3) is 11.6 Å². The van der Waals surface area contributed by atoms with E-state index >= 15 is 0 Å². The summed E-state index contributed by atoms with van der Waals surface area (Å²) in [5, 5.41) is 4.43. The van der Waals surface area contributed by atoms with E-state index in [1.54, 1.807) is 29.6 Å². The average molecular weight is 240 g/mol. The van der Waals surface area contributed by atoms with E-state index in [9.17, 15) is 0 Å². The van der Waals surface area contributed by atoms with Gasteiger partial charge in [0.2, 0.25) is 0 Å². The third-order valence-electron chi connectivity index (χ3n) is 2.62. The molecule has 0 fully saturated rings. The minimum atomic E-state index is 0.695. The van der Waals surface area contributed by atoms with Crippen LogP contribution in [0.1, 0.15) is 11.4 Å². The summed E-state index contributed by atoms with van der Waals surface area (Å²) in [5.41, 5.74) is 1.98. The van der Waals surface area contributed by atoms with E-state index in [2.05, 4.69) is 20.1 Å². The van der Waals surface area contributed by atoms with Gasteiger partial charge in [0.1, 0.15) is 6.33 Å². The first-order valence-electron chi connectivity index (χ1n) is 5.58. The Labute approximate surface area is 104 Å². The zero-order valence-corrected chi connectivity index (χ0v) is 10.1. The summed E-state index contributed by atoms with van der Waals surface area (Å²) in [6.45, 7) is 3.95. The summed E-state index contributed by atoms with van der Waals surface area (Å²) in [6.07, 6.45) is 8.55. The molecule has 18 heavy (non-hydrogen) atoms. The van der Waals surface area contributed by atoms with Crippen molar-refractivity contribution in [2.45, 2.75) is 13.8 Å². The SMILES string of the molecule is Cc1cc(C)n(-c2nccnc2-n2ccnc2)n1. The number of hydrogen-bond acceptors (Lipinski definition) is 4. The van der Waals surface area contributed by atoms with Crippen LogP contribution < -0.4 is 0 Å². The second kappa shape index (κ2) is 4.06. The zero-order chi connectivity index (χ0) is 12.5. The Morgan fingerprint density at radius 2 is 1.78 bits per heavy atom. The summed E-state index contributed by atoms with van der Waals surface area (Å²) in [7, 11) is 0. The molecule has 0 aromatic carbocycles. The predicted octanol–water partition coefficient (Wildman–Crippen LogP) is 1.46. The van der Waals surface area contributed by atoms with Crippen molar-refractivity contribution < 1.29 is 0 Å². The maximum absolute atomic E-state index is 4.43. The highest BCUT2D eigenvalue weighted by Crippen LogP contribution is 2.15. The molecule has 0 unspecified atom stereocenters. The molecule has 6 heteroatoms. The molecule has 0 aliphatic carbocycles. The molecule has 3 rings (SSSR count). The van der Waals surface area contributed by atoms with Crippen molar-refractivity contribution in [2.24, 2.45) is 0 Å². The fourth-order valence-corrected chi connectivity index (χ4v) is 1.88. The van der Waals surface area contributed by atoms with Gasteiger partial charge in [0, 0.05) is 30.5 Å². The number of hydrogen-bond donors (Lipinski definition) is 0. The highest BCUT2D eigenvalue weighted by Gasteiger charge is 2.12. The molecule has 3 aromatic heterocycles. The molecule has 0 bridgehead atoms. The van der Waals surface area contributed by atoms with Crippen LogP contribution in [0.2, 0.25) is 0 Å². The third kappa shape index (κ3) is 1.67. The van der Waals surface area contributed by atoms with E-state index in [-0.39, 0.29) is 0 Å². The molecule has 3 aromatic rings. The quantitative estimate of drug-likeness (QED) is 0.680. The van der Waals surface area contributed by atoms with Crippen LogP contribution in [0.3, 0.4) is 0 Å². The van der Waals surface area contributed by atoms with Crippen LogP contribution in [0.4, 0.5) is 0 Å². The first-order chi connectivity index (χ1) is 8.75. The standard InChI is InChI=1S/C12H12N6/c1-9-7-10(2)18(16-9)12-11(14-3-4-15-12)17-6-5-13-8-17/h3-8H,1-2H3. The number of imidazole rings is 1. The van der Waals surface area contributed by atoms with Gasteiger partial charge in [-0.2, -0.15) is 5.10 Å². The predicted molar refractivity (Wildman–Crippen MR) is 65.8 cm³/mol. The van der Waals surface area contributed by atoms with Gasteiger partial charge in [-0.1, -0.05) is 0 Å². The maximum atomic E-state index is 4.43. The Hall–Kier alpha value is -2.50. The van der Waals surface area contributed by atoms with Gasteiger partial charge >= 0.3 is 0 Å². The van der Waals surface area contributed by atoms with Gasteiger partial charge in [-0.05, 0) is 19.9 Å². The molecule has 0 atom stereocenters. The lowest BCUT2D eigenvalue weighted by molar-refractivity contribution is 0.781. The molecule has 0 N–H and O–H groups in total. The molecule has 0 saturated carbocycles. The smallest absolute Gasteiger partial charge is 0.197 e. The van der Waals surface area contributed by atoms with Gasteiger partial charge in [-0.3, -0.25) is 4.57 Å². The summed E-state index contributed by atoms with van der Waals surface area (Å²) in [5.74, 6) is 1.40. The molecule has 0 spiro atoms. The van der Waals surface area contributed by atoms with Crippen LogP contribution in [0.5, 0.6) is 0 Å². The number of nitrogens with zero attached hydrogens (tertiary/aromatic N) is 6. The Morgan fingerprint density at radius 1 is 1.00 bits per heavy atom. The van der Waals surface area contributed by atoms with Crippen LogP contribution in [0, 0.1) is 13.8 Å². The Balaban J connectivity index is 2.21. The summed E-state index contributed by atoms with van der Waals surface area (Å²) >= 11 is 0. The topological polar surface area (TPSA) is 61.4 Å². The second-order valence-corrected chi connectivity index (χ2v) is 4.01. The van der Waals surface area contributed by atoms with E-state index in [0.717, 1.165) is 11.4 Å². The van der Waals surface area contributed by atoms with Crippen LogP contribution in [-0.2, 0) is 0 Å². The summed E-state index contributed by atoms with van der Waals surface area (Å²) in [6, 6.07) is 2.01. The van der Waals surface area contributed by atoms with Gasteiger partial charge in [0.05, 0.1) is 5.69 Å². The first-order valence-corrected chi connectivity index (χ1v) is 5.58. The summed E-state index contributed by atoms with van der Waals surface area (Å²) < 4.78 is 3.61. The third-order valence-corrected chi connectivity index (χ3v) is 2.62. The van der Waals surface area contributed by atoms with Gasteiger partial charge in [0.15, 0.2) is 11.6 Å². The fraction of sp³-hybridized carbons (Fsp3) is 0.167. The number of aromatic nitrogens is 6. The van der Waals surface area contributed by atoms with Gasteiger partial charge in [-0.15, -0.1) is 0 Å². The second-order valence-electron chi connectivity index (χ2n) is 4.01. The Kier molecular flexibility index (Phi) is 2.40. The molecule has 90 valence electrons. The first kappa shape index (κ1) is 10.6. The Bertz CT molecular complexity index is 668. The average Bonchev–Trinajstić information content (AvgIpc) is 2.99. The van der Waals surface area contributed by atoms with Crippen molar-refractivity contribution in [1.29, 1.82) is 0 Å². The molecule has 0 radical (unpaired) electrons. The lowest BCUT2D eigenvalue weighted by atomic mass is 10.4. The van der Waals surface area contributed by atoms with Crippen LogP contribution in [-0.4, -0.2) is 29.3 Å². The fourth-order valence-electron chi connectivity index (χ4n) is 1.88. The van der Waals surface area contributed by atoms with E-state index < -0.39 is 0 Å². The molecule has 0 aliphatic heterocycles. The molecule has 0 saturated heterocycles. The molecule has 0 aliphatic rings. The highest BCUT2D eigenvalue weighted by atomic mass is 15.3.